The van der Waals surface area contributed by atoms with Crippen LogP contribution in [0.4, 0.5) is 0 Å². The minimum absolute atomic E-state index is 0.0866. The van der Waals surface area contributed by atoms with E-state index in [0.717, 1.165) is 23.3 Å². The van der Waals surface area contributed by atoms with Crippen molar-refractivity contribution in [2.45, 2.75) is 38.6 Å². The molecule has 0 aromatic heterocycles. The molecule has 0 saturated carbocycles. The third-order valence-corrected chi connectivity index (χ3v) is 3.57. The highest BCUT2D eigenvalue weighted by Gasteiger charge is 2.30. The van der Waals surface area contributed by atoms with Crippen molar-refractivity contribution in [3.8, 4) is 0 Å². The molecule has 1 aromatic carbocycles. The van der Waals surface area contributed by atoms with E-state index in [1.165, 1.54) is 0 Å². The molecule has 5 heteroatoms. The average Bonchev–Trinajstić information content (AvgIpc) is 2.79. The fourth-order valence-corrected chi connectivity index (χ4v) is 2.48. The molecule has 0 spiro atoms. The molecule has 0 bridgehead atoms. The summed E-state index contributed by atoms with van der Waals surface area (Å²) in [6.45, 7) is 1.88. The lowest BCUT2D eigenvalue weighted by Gasteiger charge is -2.20. The third-order valence-electron chi connectivity index (χ3n) is 3.57. The maximum Gasteiger partial charge on any atom is 0.240 e. The maximum absolute atomic E-state index is 12.1. The molecule has 0 radical (unpaired) electrons. The Kier molecular flexibility index (Phi) is 5.09. The van der Waals surface area contributed by atoms with Gasteiger partial charge in [-0.05, 0) is 12.0 Å². The van der Waals surface area contributed by atoms with Crippen molar-refractivity contribution in [3.05, 3.63) is 35.9 Å². The van der Waals surface area contributed by atoms with Crippen LogP contribution in [-0.2, 0) is 14.4 Å². The molecule has 1 heterocycles. The zero-order chi connectivity index (χ0) is 15.2. The first kappa shape index (κ1) is 15.2. The van der Waals surface area contributed by atoms with Gasteiger partial charge in [0.05, 0.1) is 6.04 Å². The van der Waals surface area contributed by atoms with Gasteiger partial charge >= 0.3 is 0 Å². The molecule has 1 aromatic rings. The summed E-state index contributed by atoms with van der Waals surface area (Å²) in [6, 6.07) is 9.63. The van der Waals surface area contributed by atoms with Crippen LogP contribution in [-0.4, -0.2) is 29.2 Å². The molecule has 1 atom stereocenters. The molecule has 0 aliphatic carbocycles. The molecule has 1 aliphatic heterocycles. The van der Waals surface area contributed by atoms with Crippen molar-refractivity contribution in [1.29, 1.82) is 0 Å². The van der Waals surface area contributed by atoms with Crippen LogP contribution in [0.1, 0.15) is 44.2 Å². The van der Waals surface area contributed by atoms with E-state index in [9.17, 15) is 14.4 Å². The Balaban J connectivity index is 1.98. The predicted molar refractivity (Wildman–Crippen MR) is 78.2 cm³/mol. The van der Waals surface area contributed by atoms with Gasteiger partial charge < -0.3 is 5.32 Å². The van der Waals surface area contributed by atoms with Gasteiger partial charge in [0, 0.05) is 12.8 Å². The van der Waals surface area contributed by atoms with E-state index in [1.54, 1.807) is 0 Å². The Morgan fingerprint density at radius 3 is 2.38 bits per heavy atom. The minimum Gasteiger partial charge on any atom is -0.348 e. The van der Waals surface area contributed by atoms with E-state index < -0.39 is 0 Å². The zero-order valence-electron chi connectivity index (χ0n) is 12.2. The molecule has 1 aliphatic rings. The number of hydrogen-bond donors (Lipinski definition) is 1. The monoisotopic (exact) mass is 288 g/mol. The predicted octanol–water partition coefficient (Wildman–Crippen LogP) is 1.79. The SMILES string of the molecule is CCCC(NC(=O)CN1C(=O)CCC1=O)c1ccccc1. The van der Waals surface area contributed by atoms with Crippen molar-refractivity contribution < 1.29 is 14.4 Å². The van der Waals surface area contributed by atoms with Gasteiger partial charge in [-0.25, -0.2) is 0 Å². The summed E-state index contributed by atoms with van der Waals surface area (Å²) in [5.74, 6) is -0.815. The number of carbonyl (C=O) groups excluding carboxylic acids is 3. The highest BCUT2D eigenvalue weighted by atomic mass is 16.2. The van der Waals surface area contributed by atoms with E-state index in [1.807, 2.05) is 30.3 Å². The highest BCUT2D eigenvalue weighted by Crippen LogP contribution is 2.18. The summed E-state index contributed by atoms with van der Waals surface area (Å²) in [5.41, 5.74) is 1.03. The lowest BCUT2D eigenvalue weighted by Crippen LogP contribution is -2.41. The second-order valence-electron chi connectivity index (χ2n) is 5.19. The van der Waals surface area contributed by atoms with Crippen LogP contribution in [0.3, 0.4) is 0 Å². The van der Waals surface area contributed by atoms with Crippen molar-refractivity contribution in [2.24, 2.45) is 0 Å². The minimum atomic E-state index is -0.291. The molecule has 1 N–H and O–H groups in total. The van der Waals surface area contributed by atoms with Crippen molar-refractivity contribution in [3.63, 3.8) is 0 Å². The van der Waals surface area contributed by atoms with Gasteiger partial charge in [-0.2, -0.15) is 0 Å². The summed E-state index contributed by atoms with van der Waals surface area (Å²) in [6.07, 6.45) is 2.17. The molecule has 21 heavy (non-hydrogen) atoms. The van der Waals surface area contributed by atoms with Gasteiger partial charge in [0.1, 0.15) is 6.54 Å². The van der Waals surface area contributed by atoms with Gasteiger partial charge in [0.15, 0.2) is 0 Å². The smallest absolute Gasteiger partial charge is 0.240 e. The summed E-state index contributed by atoms with van der Waals surface area (Å²) in [7, 11) is 0. The van der Waals surface area contributed by atoms with Gasteiger partial charge in [-0.15, -0.1) is 0 Å². The van der Waals surface area contributed by atoms with Crippen molar-refractivity contribution in [2.75, 3.05) is 6.54 Å². The molecule has 2 rings (SSSR count). The fraction of sp³-hybridized carbons (Fsp3) is 0.438. The number of amides is 3. The number of nitrogens with zero attached hydrogens (tertiary/aromatic N) is 1. The Hall–Kier alpha value is -2.17. The van der Waals surface area contributed by atoms with E-state index in [0.29, 0.717) is 0 Å². The van der Waals surface area contributed by atoms with E-state index >= 15 is 0 Å². The number of carbonyl (C=O) groups is 3. The molecule has 1 saturated heterocycles. The molecule has 5 nitrogen and oxygen atoms in total. The Labute approximate surface area is 124 Å². The Bertz CT molecular complexity index is 512. The second-order valence-corrected chi connectivity index (χ2v) is 5.19. The third kappa shape index (κ3) is 3.90. The number of rotatable bonds is 6. The fourth-order valence-electron chi connectivity index (χ4n) is 2.48. The Morgan fingerprint density at radius 2 is 1.81 bits per heavy atom. The summed E-state index contributed by atoms with van der Waals surface area (Å²) >= 11 is 0. The number of likely N-dealkylation sites (tertiary alicyclic amines) is 1. The average molecular weight is 288 g/mol. The highest BCUT2D eigenvalue weighted by molar-refractivity contribution is 6.04. The van der Waals surface area contributed by atoms with Crippen LogP contribution in [0.2, 0.25) is 0 Å². The first-order valence-corrected chi connectivity index (χ1v) is 7.29. The van der Waals surface area contributed by atoms with Crippen LogP contribution >= 0.6 is 0 Å². The standard InChI is InChI=1S/C16H20N2O3/c1-2-6-13(12-7-4-3-5-8-12)17-14(19)11-18-15(20)9-10-16(18)21/h3-5,7-8,13H,2,6,9-11H2,1H3,(H,17,19). The molecule has 3 amide bonds. The van der Waals surface area contributed by atoms with E-state index in [-0.39, 0.29) is 43.1 Å². The van der Waals surface area contributed by atoms with Gasteiger partial charge in [-0.3, -0.25) is 19.3 Å². The van der Waals surface area contributed by atoms with Crippen molar-refractivity contribution >= 4 is 17.7 Å². The summed E-state index contributed by atoms with van der Waals surface area (Å²) in [5, 5.41) is 2.92. The molecular weight excluding hydrogens is 268 g/mol. The second kappa shape index (κ2) is 7.02. The topological polar surface area (TPSA) is 66.5 Å². The summed E-state index contributed by atoms with van der Waals surface area (Å²) < 4.78 is 0. The zero-order valence-corrected chi connectivity index (χ0v) is 12.2. The van der Waals surface area contributed by atoms with Crippen LogP contribution in [0.5, 0.6) is 0 Å². The van der Waals surface area contributed by atoms with Crippen LogP contribution in [0.25, 0.3) is 0 Å². The molecule has 1 fully saturated rings. The largest absolute Gasteiger partial charge is 0.348 e. The molecule has 112 valence electrons. The van der Waals surface area contributed by atoms with Gasteiger partial charge in [-0.1, -0.05) is 43.7 Å². The normalized spacial score (nSPS) is 16.1. The maximum atomic E-state index is 12.1. The van der Waals surface area contributed by atoms with Crippen LogP contribution in [0.15, 0.2) is 30.3 Å². The number of imide groups is 1. The van der Waals surface area contributed by atoms with Crippen molar-refractivity contribution in [1.82, 2.24) is 10.2 Å². The Morgan fingerprint density at radius 1 is 1.19 bits per heavy atom. The quantitative estimate of drug-likeness (QED) is 0.812. The number of hydrogen-bond acceptors (Lipinski definition) is 3. The van der Waals surface area contributed by atoms with Crippen LogP contribution in [0, 0.1) is 0 Å². The first-order chi connectivity index (χ1) is 10.1. The number of benzene rings is 1. The summed E-state index contributed by atoms with van der Waals surface area (Å²) in [4.78, 5) is 36.2. The molecular formula is C16H20N2O3. The number of nitrogens with one attached hydrogen (secondary N) is 1. The van der Waals surface area contributed by atoms with Gasteiger partial charge in [0.25, 0.3) is 0 Å². The van der Waals surface area contributed by atoms with Crippen LogP contribution < -0.4 is 5.32 Å². The van der Waals surface area contributed by atoms with Gasteiger partial charge in [0.2, 0.25) is 17.7 Å². The lowest BCUT2D eigenvalue weighted by atomic mass is 10.0. The lowest BCUT2D eigenvalue weighted by molar-refractivity contribution is -0.142. The first-order valence-electron chi connectivity index (χ1n) is 7.29. The van der Waals surface area contributed by atoms with E-state index in [2.05, 4.69) is 12.2 Å². The van der Waals surface area contributed by atoms with E-state index in [4.69, 9.17) is 0 Å². The molecule has 1 unspecified atom stereocenters.